The lowest BCUT2D eigenvalue weighted by Crippen LogP contribution is -2.79. The van der Waals surface area contributed by atoms with Gasteiger partial charge in [-0.1, -0.05) is 27.7 Å². The predicted molar refractivity (Wildman–Crippen MR) is 174 cm³/mol. The molecule has 0 aromatic heterocycles. The molecule has 4 N–H and O–H groups in total. The number of carbonyl (C=O) groups excluding carboxylic acids is 3. The number of hydrogen-bond donors (Lipinski definition) is 4. The van der Waals surface area contributed by atoms with Crippen molar-refractivity contribution < 1.29 is 63.5 Å². The van der Waals surface area contributed by atoms with Crippen molar-refractivity contribution in [3.05, 3.63) is 16.8 Å². The summed E-state index contributed by atoms with van der Waals surface area (Å²) in [4.78, 5) is 49.3. The van der Waals surface area contributed by atoms with Crippen LogP contribution in [0.1, 0.15) is 99.3 Å². The van der Waals surface area contributed by atoms with Gasteiger partial charge in [-0.15, -0.1) is 4.81 Å². The molecule has 0 bridgehead atoms. The summed E-state index contributed by atoms with van der Waals surface area (Å²) in [5.74, 6) is -6.38. The first-order valence-electron chi connectivity index (χ1n) is 18.2. The molecule has 50 heavy (non-hydrogen) atoms. The smallest absolute Gasteiger partial charge is 0.348 e. The molecule has 15 heteroatoms. The van der Waals surface area contributed by atoms with Crippen molar-refractivity contribution in [1.82, 2.24) is 5.06 Å². The van der Waals surface area contributed by atoms with E-state index in [-0.39, 0.29) is 24.5 Å². The van der Waals surface area contributed by atoms with Gasteiger partial charge in [0.2, 0.25) is 0 Å². The van der Waals surface area contributed by atoms with Crippen LogP contribution in [0.15, 0.2) is 11.6 Å². The Morgan fingerprint density at radius 2 is 1.46 bits per heavy atom. The highest BCUT2D eigenvalue weighted by Gasteiger charge is 2.73. The highest BCUT2D eigenvalue weighted by Crippen LogP contribution is 2.55. The third-order valence-corrected chi connectivity index (χ3v) is 12.2. The highest BCUT2D eigenvalue weighted by atomic mass is 17.0. The molecule has 2 aliphatic heterocycles. The molecule has 0 spiro atoms. The fourth-order valence-electron chi connectivity index (χ4n) is 9.40. The Kier molecular flexibility index (Phi) is 11.6. The number of ether oxygens (including phenoxy) is 3. The van der Waals surface area contributed by atoms with E-state index in [0.29, 0.717) is 44.9 Å². The normalized spacial score (nSPS) is 43.4. The largest absolute Gasteiger partial charge is 0.588 e. The molecule has 15 nitrogen and oxygen atoms in total. The molecule has 3 saturated carbocycles. The van der Waals surface area contributed by atoms with Crippen LogP contribution in [0, 0.1) is 40.7 Å². The summed E-state index contributed by atoms with van der Waals surface area (Å²) in [6.45, 7) is 9.55. The second-order valence-electron chi connectivity index (χ2n) is 15.1. The number of aliphatic hydroxyl groups is 4. The van der Waals surface area contributed by atoms with Crippen molar-refractivity contribution in [3.63, 3.8) is 0 Å². The lowest BCUT2D eigenvalue weighted by atomic mass is 9.60. The highest BCUT2D eigenvalue weighted by molar-refractivity contribution is 5.86. The molecular weight excluding hydrogens is 656 g/mol. The van der Waals surface area contributed by atoms with Gasteiger partial charge in [-0.2, -0.15) is 9.90 Å². The molecule has 1 amide bonds. The predicted octanol–water partition coefficient (Wildman–Crippen LogP) is 3.10. The Hall–Kier alpha value is -2.37. The summed E-state index contributed by atoms with van der Waals surface area (Å²) in [5.41, 5.74) is -2.27. The second kappa shape index (κ2) is 14.9. The third kappa shape index (κ3) is 6.35. The van der Waals surface area contributed by atoms with E-state index in [9.17, 15) is 40.0 Å². The number of allylic oxidation sites excluding steroid dienone is 1. The van der Waals surface area contributed by atoms with E-state index in [1.54, 1.807) is 20.8 Å². The summed E-state index contributed by atoms with van der Waals surface area (Å²) < 4.78 is 18.3. The molecule has 0 aromatic carbocycles. The first kappa shape index (κ1) is 38.9. The van der Waals surface area contributed by atoms with Crippen molar-refractivity contribution in [2.45, 2.75) is 148 Å². The Balaban J connectivity index is 1.52. The monoisotopic (exact) mass is 712 g/mol. The van der Waals surface area contributed by atoms with Crippen molar-refractivity contribution in [2.75, 3.05) is 7.11 Å². The van der Waals surface area contributed by atoms with Gasteiger partial charge < -0.3 is 39.8 Å². The van der Waals surface area contributed by atoms with Crippen LogP contribution in [0.2, 0.25) is 0 Å². The van der Waals surface area contributed by atoms with E-state index in [0.717, 1.165) is 5.06 Å². The minimum Gasteiger partial charge on any atom is -0.588 e. The van der Waals surface area contributed by atoms with Crippen molar-refractivity contribution in [2.24, 2.45) is 35.5 Å². The lowest BCUT2D eigenvalue weighted by Gasteiger charge is -2.61. The number of carbonyl (C=O) groups is 3. The maximum Gasteiger partial charge on any atom is 0.348 e. The van der Waals surface area contributed by atoms with Crippen LogP contribution in [-0.4, -0.2) is 104 Å². The minimum atomic E-state index is -2.27. The lowest BCUT2D eigenvalue weighted by molar-refractivity contribution is -1.12. The molecule has 0 radical (unpaired) electrons. The summed E-state index contributed by atoms with van der Waals surface area (Å²) in [6, 6.07) is 0. The maximum absolute atomic E-state index is 14.9. The maximum atomic E-state index is 14.9. The molecular formula is C35H56N2O13. The number of hydroxylamine groups is 6. The molecule has 5 aliphatic rings. The standard InChI is InChI=1S/C35H56N2O13/c1-8-17(3)28-33(43)37(45)35(18(4)9-2,34(44)36(28)46-7)49-25-16-22(12-15-24(25)50-37)27-30(42)29(41)26(21-10-13-23(40)14-11-21)31(47-19(5)38)32(27)48-20(6)39/h17-18,21-27,29-32,40-43H,8-16H2,1-7H3. The van der Waals surface area contributed by atoms with Crippen LogP contribution in [0.5, 0.6) is 0 Å². The fraction of sp³-hybridized carbons (Fsp3) is 0.857. The van der Waals surface area contributed by atoms with Gasteiger partial charge in [-0.3, -0.25) is 19.2 Å². The van der Waals surface area contributed by atoms with Crippen molar-refractivity contribution in [1.29, 1.82) is 0 Å². The Labute approximate surface area is 293 Å². The van der Waals surface area contributed by atoms with E-state index in [2.05, 4.69) is 0 Å². The molecule has 5 rings (SSSR count). The van der Waals surface area contributed by atoms with Crippen LogP contribution in [0.4, 0.5) is 0 Å². The second-order valence-corrected chi connectivity index (χ2v) is 15.1. The minimum absolute atomic E-state index is 0.00625. The number of rotatable bonds is 9. The topological polar surface area (TPSA) is 205 Å². The summed E-state index contributed by atoms with van der Waals surface area (Å²) in [5, 5.41) is 61.2. The van der Waals surface area contributed by atoms with Crippen LogP contribution >= 0.6 is 0 Å². The number of nitrogens with zero attached hydrogens (tertiary/aromatic N) is 2. The molecule has 13 atom stereocenters. The number of aliphatic hydroxyl groups excluding tert-OH is 4. The zero-order valence-electron chi connectivity index (χ0n) is 30.2. The number of esters is 2. The van der Waals surface area contributed by atoms with Gasteiger partial charge in [-0.05, 0) is 69.6 Å². The van der Waals surface area contributed by atoms with Gasteiger partial charge in [0.05, 0.1) is 37.4 Å². The van der Waals surface area contributed by atoms with E-state index in [1.807, 2.05) is 6.92 Å². The zero-order chi connectivity index (χ0) is 36.9. The zero-order valence-corrected chi connectivity index (χ0v) is 30.2. The summed E-state index contributed by atoms with van der Waals surface area (Å²) in [6.07, 6.45) is -3.62. The molecule has 2 heterocycles. The number of quaternary nitrogens is 1. The quantitative estimate of drug-likeness (QED) is 0.154. The SMILES string of the molecule is CCC(C)C1=C(O)[N+]2([O-])OC3CCC(C4C(O)C(O)C(C5CCC(O)CC5)C(OC(C)=O)C4OC(C)=O)CC3OC2(C(C)CC)C(=O)N1OC. The van der Waals surface area contributed by atoms with Gasteiger partial charge in [0, 0.05) is 31.6 Å². The van der Waals surface area contributed by atoms with Crippen LogP contribution < -0.4 is 0 Å². The van der Waals surface area contributed by atoms with E-state index in [1.165, 1.54) is 21.0 Å². The summed E-state index contributed by atoms with van der Waals surface area (Å²) in [7, 11) is 1.28. The number of amides is 1. The van der Waals surface area contributed by atoms with Crippen LogP contribution in [-0.2, 0) is 38.3 Å². The first-order chi connectivity index (χ1) is 23.6. The Morgan fingerprint density at radius 1 is 0.920 bits per heavy atom. The Bertz CT molecular complexity index is 1300. The molecule has 0 aromatic rings. The Morgan fingerprint density at radius 3 is 1.96 bits per heavy atom. The third-order valence-electron chi connectivity index (χ3n) is 12.2. The number of hydrogen-bond acceptors (Lipinski definition) is 13. The molecule has 284 valence electrons. The molecule has 3 aliphatic carbocycles. The van der Waals surface area contributed by atoms with Gasteiger partial charge in [0.15, 0.2) is 5.70 Å². The van der Waals surface area contributed by atoms with Crippen LogP contribution in [0.3, 0.4) is 0 Å². The van der Waals surface area contributed by atoms with E-state index < -0.39 is 107 Å². The fourth-order valence-corrected chi connectivity index (χ4v) is 9.40. The molecule has 4 fully saturated rings. The molecule has 1 saturated heterocycles. The van der Waals surface area contributed by atoms with Gasteiger partial charge in [0.1, 0.15) is 18.3 Å². The van der Waals surface area contributed by atoms with Gasteiger partial charge in [0.25, 0.3) is 0 Å². The van der Waals surface area contributed by atoms with Crippen molar-refractivity contribution >= 4 is 17.8 Å². The van der Waals surface area contributed by atoms with Gasteiger partial charge >= 0.3 is 29.5 Å². The first-order valence-corrected chi connectivity index (χ1v) is 18.2. The van der Waals surface area contributed by atoms with Crippen LogP contribution in [0.25, 0.3) is 0 Å². The van der Waals surface area contributed by atoms with Gasteiger partial charge in [-0.25, -0.2) is 0 Å². The summed E-state index contributed by atoms with van der Waals surface area (Å²) >= 11 is 0. The van der Waals surface area contributed by atoms with E-state index in [4.69, 9.17) is 23.9 Å². The van der Waals surface area contributed by atoms with Crippen molar-refractivity contribution in [3.8, 4) is 0 Å². The molecule has 13 unspecified atom stereocenters. The van der Waals surface area contributed by atoms with E-state index >= 15 is 0 Å². The average Bonchev–Trinajstić information content (AvgIpc) is 3.07. The average molecular weight is 713 g/mol. The number of fused-ring (bicyclic) bond motifs is 2.